The second kappa shape index (κ2) is 5.07. The molecule has 0 aliphatic heterocycles. The molecule has 0 amide bonds. The zero-order valence-corrected chi connectivity index (χ0v) is 8.44. The zero-order valence-electron chi connectivity index (χ0n) is 8.44. The molecule has 0 radical (unpaired) electrons. The first-order valence-corrected chi connectivity index (χ1v) is 4.33. The molecule has 14 heavy (non-hydrogen) atoms. The molecule has 0 aliphatic carbocycles. The SMILES string of the molecule is C=C/C(=N\C(C)=N/C)c1cccnc1. The topological polar surface area (TPSA) is 37.6 Å². The molecular weight excluding hydrogens is 174 g/mol. The third kappa shape index (κ3) is 2.62. The fourth-order valence-electron chi connectivity index (χ4n) is 0.967. The van der Waals surface area contributed by atoms with E-state index in [0.717, 1.165) is 17.1 Å². The van der Waals surface area contributed by atoms with Gasteiger partial charge in [0.25, 0.3) is 0 Å². The Bertz CT molecular complexity index is 363. The van der Waals surface area contributed by atoms with Crippen LogP contribution >= 0.6 is 0 Å². The van der Waals surface area contributed by atoms with Crippen molar-refractivity contribution in [2.45, 2.75) is 6.92 Å². The van der Waals surface area contributed by atoms with Crippen molar-refractivity contribution in [3.05, 3.63) is 42.7 Å². The summed E-state index contributed by atoms with van der Waals surface area (Å²) in [6.07, 6.45) is 5.18. The molecule has 0 N–H and O–H groups in total. The Morgan fingerprint density at radius 3 is 2.86 bits per heavy atom. The standard InChI is InChI=1S/C11H13N3/c1-4-11(14-9(2)12-3)10-6-5-7-13-8-10/h4-8H,1H2,2-3H3/b12-9-,14-11+. The molecule has 0 saturated carbocycles. The van der Waals surface area contributed by atoms with E-state index in [9.17, 15) is 0 Å². The fourth-order valence-corrected chi connectivity index (χ4v) is 0.967. The van der Waals surface area contributed by atoms with Gasteiger partial charge in [-0.15, -0.1) is 0 Å². The van der Waals surface area contributed by atoms with Gasteiger partial charge in [-0.3, -0.25) is 9.98 Å². The number of pyridine rings is 1. The Kier molecular flexibility index (Phi) is 3.73. The van der Waals surface area contributed by atoms with Crippen LogP contribution < -0.4 is 0 Å². The first-order chi connectivity index (χ1) is 6.77. The van der Waals surface area contributed by atoms with E-state index in [1.165, 1.54) is 0 Å². The maximum absolute atomic E-state index is 4.29. The molecule has 0 spiro atoms. The maximum atomic E-state index is 4.29. The molecule has 0 atom stereocenters. The molecule has 3 nitrogen and oxygen atoms in total. The van der Waals surface area contributed by atoms with Gasteiger partial charge in [0.2, 0.25) is 0 Å². The van der Waals surface area contributed by atoms with Crippen molar-refractivity contribution in [1.29, 1.82) is 0 Å². The first-order valence-electron chi connectivity index (χ1n) is 4.33. The molecule has 0 fully saturated rings. The van der Waals surface area contributed by atoms with Gasteiger partial charge in [-0.25, -0.2) is 4.99 Å². The van der Waals surface area contributed by atoms with E-state index in [-0.39, 0.29) is 0 Å². The summed E-state index contributed by atoms with van der Waals surface area (Å²) in [5, 5.41) is 0. The van der Waals surface area contributed by atoms with Gasteiger partial charge in [0.1, 0.15) is 5.84 Å². The summed E-state index contributed by atoms with van der Waals surface area (Å²) in [6.45, 7) is 5.56. The molecule has 0 aliphatic rings. The fraction of sp³-hybridized carbons (Fsp3) is 0.182. The highest BCUT2D eigenvalue weighted by molar-refractivity contribution is 6.13. The summed E-state index contributed by atoms with van der Waals surface area (Å²) in [4.78, 5) is 12.3. The Balaban J connectivity index is 3.05. The zero-order chi connectivity index (χ0) is 10.4. The number of amidine groups is 1. The van der Waals surface area contributed by atoms with Crippen molar-refractivity contribution in [2.75, 3.05) is 7.05 Å². The van der Waals surface area contributed by atoms with E-state index in [4.69, 9.17) is 0 Å². The molecule has 3 heteroatoms. The average Bonchev–Trinajstić information content (AvgIpc) is 2.26. The quantitative estimate of drug-likeness (QED) is 0.516. The summed E-state index contributed by atoms with van der Waals surface area (Å²) in [5.74, 6) is 0.726. The summed E-state index contributed by atoms with van der Waals surface area (Å²) >= 11 is 0. The highest BCUT2D eigenvalue weighted by Gasteiger charge is 1.98. The van der Waals surface area contributed by atoms with Gasteiger partial charge in [0.05, 0.1) is 5.71 Å². The number of allylic oxidation sites excluding steroid dienone is 1. The van der Waals surface area contributed by atoms with Gasteiger partial charge in [0.15, 0.2) is 0 Å². The largest absolute Gasteiger partial charge is 0.274 e. The molecule has 0 unspecified atom stereocenters. The minimum atomic E-state index is 0.726. The molecule has 0 saturated heterocycles. The number of aromatic nitrogens is 1. The molecule has 72 valence electrons. The van der Waals surface area contributed by atoms with Crippen molar-refractivity contribution in [2.24, 2.45) is 9.98 Å². The molecule has 1 aromatic heterocycles. The van der Waals surface area contributed by atoms with Crippen LogP contribution in [0.15, 0.2) is 47.2 Å². The minimum Gasteiger partial charge on any atom is -0.274 e. The predicted molar refractivity (Wildman–Crippen MR) is 60.0 cm³/mol. The van der Waals surface area contributed by atoms with E-state index < -0.39 is 0 Å². The lowest BCUT2D eigenvalue weighted by molar-refractivity contribution is 1.31. The van der Waals surface area contributed by atoms with E-state index in [2.05, 4.69) is 21.5 Å². The van der Waals surface area contributed by atoms with Gasteiger partial charge in [-0.1, -0.05) is 6.58 Å². The van der Waals surface area contributed by atoms with E-state index in [0.29, 0.717) is 0 Å². The van der Waals surface area contributed by atoms with E-state index in [1.54, 1.807) is 25.5 Å². The summed E-state index contributed by atoms with van der Waals surface area (Å²) in [7, 11) is 1.71. The lowest BCUT2D eigenvalue weighted by Gasteiger charge is -1.99. The highest BCUT2D eigenvalue weighted by Crippen LogP contribution is 2.00. The van der Waals surface area contributed by atoms with Crippen molar-refractivity contribution in [1.82, 2.24) is 4.98 Å². The van der Waals surface area contributed by atoms with Crippen LogP contribution in [0.5, 0.6) is 0 Å². The van der Waals surface area contributed by atoms with E-state index in [1.807, 2.05) is 19.1 Å². The average molecular weight is 187 g/mol. The Labute approximate surface area is 83.9 Å². The third-order valence-electron chi connectivity index (χ3n) is 1.76. The van der Waals surface area contributed by atoms with Gasteiger partial charge >= 0.3 is 0 Å². The van der Waals surface area contributed by atoms with Crippen LogP contribution in [0.3, 0.4) is 0 Å². The Morgan fingerprint density at radius 1 is 1.57 bits per heavy atom. The molecule has 1 rings (SSSR count). The summed E-state index contributed by atoms with van der Waals surface area (Å²) in [6, 6.07) is 3.81. The second-order valence-corrected chi connectivity index (χ2v) is 2.71. The van der Waals surface area contributed by atoms with Crippen LogP contribution in [-0.4, -0.2) is 23.6 Å². The lowest BCUT2D eigenvalue weighted by Crippen LogP contribution is -2.00. The molecular formula is C11H13N3. The number of hydrogen-bond donors (Lipinski definition) is 0. The monoisotopic (exact) mass is 187 g/mol. The van der Waals surface area contributed by atoms with Crippen LogP contribution in [0.25, 0.3) is 0 Å². The Morgan fingerprint density at radius 2 is 2.36 bits per heavy atom. The maximum Gasteiger partial charge on any atom is 0.120 e. The minimum absolute atomic E-state index is 0.726. The second-order valence-electron chi connectivity index (χ2n) is 2.71. The molecule has 1 heterocycles. The van der Waals surface area contributed by atoms with Crippen molar-refractivity contribution >= 4 is 11.5 Å². The number of nitrogens with zero attached hydrogens (tertiary/aromatic N) is 3. The molecule has 0 aromatic carbocycles. The van der Waals surface area contributed by atoms with Crippen LogP contribution in [0.2, 0.25) is 0 Å². The molecule has 1 aromatic rings. The summed E-state index contributed by atoms with van der Waals surface area (Å²) < 4.78 is 0. The highest BCUT2D eigenvalue weighted by atomic mass is 14.9. The van der Waals surface area contributed by atoms with Crippen LogP contribution in [0, 0.1) is 0 Å². The van der Waals surface area contributed by atoms with Crippen molar-refractivity contribution in [3.63, 3.8) is 0 Å². The first kappa shape index (κ1) is 10.3. The Hall–Kier alpha value is -1.77. The van der Waals surface area contributed by atoms with Gasteiger partial charge in [-0.05, 0) is 25.1 Å². The summed E-state index contributed by atoms with van der Waals surface area (Å²) in [5.41, 5.74) is 1.74. The smallest absolute Gasteiger partial charge is 0.120 e. The van der Waals surface area contributed by atoms with Crippen LogP contribution in [-0.2, 0) is 0 Å². The normalized spacial score (nSPS) is 12.7. The van der Waals surface area contributed by atoms with Crippen LogP contribution in [0.1, 0.15) is 12.5 Å². The molecule has 0 bridgehead atoms. The van der Waals surface area contributed by atoms with Gasteiger partial charge in [-0.2, -0.15) is 0 Å². The van der Waals surface area contributed by atoms with Gasteiger partial charge < -0.3 is 0 Å². The van der Waals surface area contributed by atoms with Crippen molar-refractivity contribution in [3.8, 4) is 0 Å². The van der Waals surface area contributed by atoms with Crippen LogP contribution in [0.4, 0.5) is 0 Å². The lowest BCUT2D eigenvalue weighted by atomic mass is 10.2. The van der Waals surface area contributed by atoms with Crippen molar-refractivity contribution < 1.29 is 0 Å². The number of aliphatic imine (C=N–C) groups is 2. The predicted octanol–water partition coefficient (Wildman–Crippen LogP) is 2.10. The van der Waals surface area contributed by atoms with E-state index >= 15 is 0 Å². The van der Waals surface area contributed by atoms with Gasteiger partial charge in [0, 0.05) is 25.0 Å². The number of hydrogen-bond acceptors (Lipinski definition) is 2. The third-order valence-corrected chi connectivity index (χ3v) is 1.76. The number of rotatable bonds is 2.